The van der Waals surface area contributed by atoms with Crippen LogP contribution in [0.25, 0.3) is 0 Å². The van der Waals surface area contributed by atoms with Gasteiger partial charge >= 0.3 is 0 Å². The molecule has 0 atom stereocenters. The van der Waals surface area contributed by atoms with Gasteiger partial charge in [0.15, 0.2) is 0 Å². The molecule has 1 amide bonds. The number of nitrogens with two attached hydrogens (primary N) is 1. The summed E-state index contributed by atoms with van der Waals surface area (Å²) in [6.45, 7) is 1.46. The Morgan fingerprint density at radius 3 is 2.41 bits per heavy atom. The predicted molar refractivity (Wildman–Crippen MR) is 84.5 cm³/mol. The van der Waals surface area contributed by atoms with Crippen molar-refractivity contribution in [3.8, 4) is 0 Å². The highest BCUT2D eigenvalue weighted by Crippen LogP contribution is 2.24. The average molecular weight is 319 g/mol. The van der Waals surface area contributed by atoms with Gasteiger partial charge < -0.3 is 0 Å². The molecule has 0 saturated heterocycles. The number of sulfonamides is 1. The zero-order valence-corrected chi connectivity index (χ0v) is 12.9. The molecule has 0 aromatic heterocycles. The lowest BCUT2D eigenvalue weighted by atomic mass is 10.2. The first-order valence-corrected chi connectivity index (χ1v) is 8.03. The number of hydrogen-bond acceptors (Lipinski definition) is 4. The van der Waals surface area contributed by atoms with Crippen LogP contribution in [0, 0.1) is 6.92 Å². The van der Waals surface area contributed by atoms with E-state index in [2.05, 4.69) is 0 Å². The molecule has 22 heavy (non-hydrogen) atoms. The summed E-state index contributed by atoms with van der Waals surface area (Å²) in [6.07, 6.45) is 0. The molecule has 116 valence electrons. The van der Waals surface area contributed by atoms with E-state index in [1.807, 2.05) is 18.4 Å². The standard InChI is InChI=1S/C15H17N3O3S/c1-12-6-5-7-13(10-12)18(11-15(19)17-16)22(20,21)14-8-3-2-4-9-14/h2-10H,11,16H2,1H3,(H,17,19). The molecule has 2 aromatic rings. The van der Waals surface area contributed by atoms with E-state index in [-0.39, 0.29) is 4.90 Å². The zero-order valence-electron chi connectivity index (χ0n) is 12.1. The van der Waals surface area contributed by atoms with Gasteiger partial charge in [-0.15, -0.1) is 0 Å². The number of rotatable bonds is 5. The van der Waals surface area contributed by atoms with Crippen molar-refractivity contribution in [3.05, 3.63) is 60.2 Å². The van der Waals surface area contributed by atoms with Crippen LogP contribution in [-0.4, -0.2) is 20.9 Å². The summed E-state index contributed by atoms with van der Waals surface area (Å²) in [4.78, 5) is 11.7. The Bertz CT molecular complexity index is 761. The fraction of sp³-hybridized carbons (Fsp3) is 0.133. The van der Waals surface area contributed by atoms with Crippen LogP contribution in [0.2, 0.25) is 0 Å². The second kappa shape index (κ2) is 6.59. The second-order valence-electron chi connectivity index (χ2n) is 4.73. The van der Waals surface area contributed by atoms with E-state index in [0.29, 0.717) is 5.69 Å². The minimum absolute atomic E-state index is 0.112. The Morgan fingerprint density at radius 1 is 1.14 bits per heavy atom. The first kappa shape index (κ1) is 16.0. The highest BCUT2D eigenvalue weighted by Gasteiger charge is 2.26. The van der Waals surface area contributed by atoms with Crippen molar-refractivity contribution < 1.29 is 13.2 Å². The normalized spacial score (nSPS) is 11.0. The van der Waals surface area contributed by atoms with Crippen molar-refractivity contribution in [2.45, 2.75) is 11.8 Å². The van der Waals surface area contributed by atoms with Crippen molar-refractivity contribution in [2.75, 3.05) is 10.8 Å². The lowest BCUT2D eigenvalue weighted by Crippen LogP contribution is -2.43. The smallest absolute Gasteiger partial charge is 0.264 e. The molecular formula is C15H17N3O3S. The number of aryl methyl sites for hydroxylation is 1. The Kier molecular flexibility index (Phi) is 4.79. The van der Waals surface area contributed by atoms with Crippen LogP contribution in [0.1, 0.15) is 5.56 Å². The van der Waals surface area contributed by atoms with Crippen molar-refractivity contribution in [1.82, 2.24) is 5.43 Å². The van der Waals surface area contributed by atoms with Crippen molar-refractivity contribution in [1.29, 1.82) is 0 Å². The minimum Gasteiger partial charge on any atom is -0.293 e. The maximum Gasteiger partial charge on any atom is 0.264 e. The summed E-state index contributed by atoms with van der Waals surface area (Å²) < 4.78 is 26.6. The predicted octanol–water partition coefficient (Wildman–Crippen LogP) is 1.18. The van der Waals surface area contributed by atoms with Gasteiger partial charge in [0, 0.05) is 0 Å². The van der Waals surface area contributed by atoms with E-state index in [9.17, 15) is 13.2 Å². The molecule has 0 aliphatic carbocycles. The lowest BCUT2D eigenvalue weighted by molar-refractivity contribution is -0.119. The first-order valence-electron chi connectivity index (χ1n) is 6.59. The highest BCUT2D eigenvalue weighted by atomic mass is 32.2. The van der Waals surface area contributed by atoms with Crippen LogP contribution >= 0.6 is 0 Å². The summed E-state index contributed by atoms with van der Waals surface area (Å²) in [5.74, 6) is 4.49. The molecule has 0 aliphatic heterocycles. The Hall–Kier alpha value is -2.38. The van der Waals surface area contributed by atoms with E-state index < -0.39 is 22.5 Å². The number of anilines is 1. The van der Waals surface area contributed by atoms with Crippen LogP contribution in [0.15, 0.2) is 59.5 Å². The van der Waals surface area contributed by atoms with E-state index in [1.54, 1.807) is 36.4 Å². The molecule has 7 heteroatoms. The monoisotopic (exact) mass is 319 g/mol. The SMILES string of the molecule is Cc1cccc(N(CC(=O)NN)S(=O)(=O)c2ccccc2)c1. The Labute approximate surface area is 129 Å². The molecule has 6 nitrogen and oxygen atoms in total. The maximum atomic E-state index is 12.8. The third kappa shape index (κ3) is 3.44. The van der Waals surface area contributed by atoms with Gasteiger partial charge in [-0.3, -0.25) is 14.5 Å². The topological polar surface area (TPSA) is 92.5 Å². The van der Waals surface area contributed by atoms with E-state index in [0.717, 1.165) is 9.87 Å². The molecule has 2 aromatic carbocycles. The quantitative estimate of drug-likeness (QED) is 0.492. The molecule has 3 N–H and O–H groups in total. The highest BCUT2D eigenvalue weighted by molar-refractivity contribution is 7.92. The summed E-state index contributed by atoms with van der Waals surface area (Å²) in [5, 5.41) is 0. The number of benzene rings is 2. The van der Waals surface area contributed by atoms with Gasteiger partial charge in [0.1, 0.15) is 6.54 Å². The molecule has 0 heterocycles. The van der Waals surface area contributed by atoms with E-state index in [1.165, 1.54) is 12.1 Å². The van der Waals surface area contributed by atoms with Gasteiger partial charge in [0.25, 0.3) is 15.9 Å². The first-order chi connectivity index (χ1) is 10.4. The third-order valence-corrected chi connectivity index (χ3v) is 4.86. The van der Waals surface area contributed by atoms with Crippen LogP contribution in [0.3, 0.4) is 0 Å². The summed E-state index contributed by atoms with van der Waals surface area (Å²) in [5.41, 5.74) is 3.26. The number of nitrogens with one attached hydrogen (secondary N) is 1. The fourth-order valence-corrected chi connectivity index (χ4v) is 3.43. The largest absolute Gasteiger partial charge is 0.293 e. The van der Waals surface area contributed by atoms with Crippen LogP contribution in [-0.2, 0) is 14.8 Å². The number of amides is 1. The summed E-state index contributed by atoms with van der Waals surface area (Å²) in [7, 11) is -3.86. The molecule has 0 saturated carbocycles. The minimum atomic E-state index is -3.86. The second-order valence-corrected chi connectivity index (χ2v) is 6.59. The summed E-state index contributed by atoms with van der Waals surface area (Å²) in [6, 6.07) is 14.9. The van der Waals surface area contributed by atoms with Gasteiger partial charge in [-0.25, -0.2) is 14.3 Å². The van der Waals surface area contributed by atoms with Crippen molar-refractivity contribution in [2.24, 2.45) is 5.84 Å². The van der Waals surface area contributed by atoms with Crippen molar-refractivity contribution in [3.63, 3.8) is 0 Å². The Morgan fingerprint density at radius 2 is 1.82 bits per heavy atom. The third-order valence-electron chi connectivity index (χ3n) is 3.07. The van der Waals surface area contributed by atoms with Crippen LogP contribution < -0.4 is 15.6 Å². The zero-order chi connectivity index (χ0) is 16.2. The molecule has 0 fully saturated rings. The fourth-order valence-electron chi connectivity index (χ4n) is 1.99. The molecule has 0 bridgehead atoms. The van der Waals surface area contributed by atoms with Crippen LogP contribution in [0.5, 0.6) is 0 Å². The maximum absolute atomic E-state index is 12.8. The molecule has 0 spiro atoms. The average Bonchev–Trinajstić information content (AvgIpc) is 2.53. The molecule has 0 unspecified atom stereocenters. The molecule has 0 radical (unpaired) electrons. The van der Waals surface area contributed by atoms with Gasteiger partial charge in [-0.2, -0.15) is 0 Å². The van der Waals surface area contributed by atoms with Gasteiger partial charge in [-0.05, 0) is 36.8 Å². The number of nitrogens with zero attached hydrogens (tertiary/aromatic N) is 1. The van der Waals surface area contributed by atoms with Gasteiger partial charge in [0.2, 0.25) is 0 Å². The van der Waals surface area contributed by atoms with Gasteiger partial charge in [-0.1, -0.05) is 30.3 Å². The molecule has 0 aliphatic rings. The van der Waals surface area contributed by atoms with E-state index >= 15 is 0 Å². The summed E-state index contributed by atoms with van der Waals surface area (Å²) >= 11 is 0. The lowest BCUT2D eigenvalue weighted by Gasteiger charge is -2.24. The van der Waals surface area contributed by atoms with E-state index in [4.69, 9.17) is 5.84 Å². The number of hydrazine groups is 1. The number of carbonyl (C=O) groups excluding carboxylic acids is 1. The van der Waals surface area contributed by atoms with Crippen LogP contribution in [0.4, 0.5) is 5.69 Å². The van der Waals surface area contributed by atoms with Crippen molar-refractivity contribution >= 4 is 21.6 Å². The Balaban J connectivity index is 2.51. The molecular weight excluding hydrogens is 302 g/mol. The number of carbonyl (C=O) groups is 1. The van der Waals surface area contributed by atoms with Gasteiger partial charge in [0.05, 0.1) is 10.6 Å². The number of hydrogen-bond donors (Lipinski definition) is 2. The molecule has 2 rings (SSSR count).